The van der Waals surface area contributed by atoms with Gasteiger partial charge in [0.15, 0.2) is 0 Å². The van der Waals surface area contributed by atoms with Crippen LogP contribution in [-0.4, -0.2) is 4.98 Å². The highest BCUT2D eigenvalue weighted by molar-refractivity contribution is 6.07. The molecule has 3 aromatic rings. The van der Waals surface area contributed by atoms with Crippen LogP contribution in [0.2, 0.25) is 0 Å². The van der Waals surface area contributed by atoms with Crippen molar-refractivity contribution in [1.82, 2.24) is 4.98 Å². The van der Waals surface area contributed by atoms with Gasteiger partial charge in [-0.25, -0.2) is 0 Å². The van der Waals surface area contributed by atoms with E-state index in [1.165, 1.54) is 38.5 Å². The van der Waals surface area contributed by atoms with Crippen molar-refractivity contribution >= 4 is 21.8 Å². The minimum Gasteiger partial charge on any atom is -0.354 e. The second kappa shape index (κ2) is 4.82. The van der Waals surface area contributed by atoms with Crippen molar-refractivity contribution in [3.63, 3.8) is 0 Å². The van der Waals surface area contributed by atoms with Crippen molar-refractivity contribution in [2.24, 2.45) is 0 Å². The Kier molecular flexibility index (Phi) is 3.13. The summed E-state index contributed by atoms with van der Waals surface area (Å²) in [6, 6.07) is 11.3. The Balaban J connectivity index is 2.27. The summed E-state index contributed by atoms with van der Waals surface area (Å²) in [6.07, 6.45) is 2.89. The van der Waals surface area contributed by atoms with Crippen LogP contribution in [0.5, 0.6) is 0 Å². The summed E-state index contributed by atoms with van der Waals surface area (Å²) in [5.74, 6) is 0.559. The molecule has 20 heavy (non-hydrogen) atoms. The number of H-pyrrole nitrogens is 1. The molecule has 0 saturated carbocycles. The smallest absolute Gasteiger partial charge is 0.0467 e. The average Bonchev–Trinajstić information content (AvgIpc) is 2.76. The van der Waals surface area contributed by atoms with Crippen molar-refractivity contribution in [3.05, 3.63) is 59.7 Å². The zero-order valence-corrected chi connectivity index (χ0v) is 12.5. The number of aryl methyl sites for hydroxylation is 1. The molecule has 3 rings (SSSR count). The molecule has 0 bridgehead atoms. The fourth-order valence-corrected chi connectivity index (χ4v) is 2.86. The Morgan fingerprint density at radius 2 is 1.85 bits per heavy atom. The molecule has 1 nitrogen and oxygen atoms in total. The number of nitrogens with one attached hydrogen (secondary N) is 1. The lowest BCUT2D eigenvalue weighted by Crippen LogP contribution is -1.86. The number of rotatable bonds is 3. The Bertz CT molecular complexity index is 790. The lowest BCUT2D eigenvalue weighted by atomic mass is 9.99. The maximum absolute atomic E-state index is 3.84. The van der Waals surface area contributed by atoms with Crippen molar-refractivity contribution in [3.8, 4) is 0 Å². The summed E-state index contributed by atoms with van der Waals surface area (Å²) >= 11 is 0. The number of hydrogen-bond acceptors (Lipinski definition) is 0. The second-order valence-electron chi connectivity index (χ2n) is 5.90. The minimum atomic E-state index is 0.559. The van der Waals surface area contributed by atoms with Crippen LogP contribution in [0.3, 0.4) is 0 Å². The van der Waals surface area contributed by atoms with Gasteiger partial charge < -0.3 is 4.98 Å². The monoisotopic (exact) mass is 263 g/mol. The zero-order valence-electron chi connectivity index (χ0n) is 12.5. The number of allylic oxidation sites excluding steroid dienone is 1. The molecule has 0 unspecified atom stereocenters. The third-order valence-electron chi connectivity index (χ3n) is 4.11. The number of fused-ring (bicyclic) bond motifs is 3. The van der Waals surface area contributed by atoms with Crippen LogP contribution in [0.15, 0.2) is 43.0 Å². The Labute approximate surface area is 120 Å². The van der Waals surface area contributed by atoms with E-state index in [0.717, 1.165) is 6.42 Å². The molecule has 0 radical (unpaired) electrons. The number of aromatic amines is 1. The third-order valence-corrected chi connectivity index (χ3v) is 4.11. The first-order valence-corrected chi connectivity index (χ1v) is 7.26. The van der Waals surface area contributed by atoms with E-state index in [9.17, 15) is 0 Å². The second-order valence-corrected chi connectivity index (χ2v) is 5.90. The molecular weight excluding hydrogens is 242 g/mol. The molecule has 0 aliphatic carbocycles. The zero-order chi connectivity index (χ0) is 14.3. The van der Waals surface area contributed by atoms with E-state index in [1.807, 2.05) is 6.08 Å². The van der Waals surface area contributed by atoms with Gasteiger partial charge in [-0.3, -0.25) is 0 Å². The van der Waals surface area contributed by atoms with Crippen LogP contribution >= 0.6 is 0 Å². The van der Waals surface area contributed by atoms with E-state index >= 15 is 0 Å². The van der Waals surface area contributed by atoms with Gasteiger partial charge in [-0.15, -0.1) is 6.58 Å². The summed E-state index contributed by atoms with van der Waals surface area (Å²) in [5.41, 5.74) is 6.53. The van der Waals surface area contributed by atoms with Crippen molar-refractivity contribution in [1.29, 1.82) is 0 Å². The summed E-state index contributed by atoms with van der Waals surface area (Å²) in [4.78, 5) is 3.56. The molecule has 1 N–H and O–H groups in total. The van der Waals surface area contributed by atoms with Crippen LogP contribution in [0.25, 0.3) is 21.8 Å². The average molecular weight is 263 g/mol. The highest BCUT2D eigenvalue weighted by Crippen LogP contribution is 2.30. The van der Waals surface area contributed by atoms with Crippen molar-refractivity contribution < 1.29 is 0 Å². The molecule has 2 aromatic carbocycles. The van der Waals surface area contributed by atoms with Gasteiger partial charge in [0.2, 0.25) is 0 Å². The first kappa shape index (κ1) is 13.0. The fraction of sp³-hybridized carbons (Fsp3) is 0.263. The Morgan fingerprint density at radius 3 is 2.55 bits per heavy atom. The minimum absolute atomic E-state index is 0.559. The topological polar surface area (TPSA) is 15.8 Å². The van der Waals surface area contributed by atoms with Crippen LogP contribution in [0.1, 0.15) is 36.5 Å². The lowest BCUT2D eigenvalue weighted by molar-refractivity contribution is 0.868. The number of hydrogen-bond donors (Lipinski definition) is 1. The van der Waals surface area contributed by atoms with Crippen LogP contribution in [0.4, 0.5) is 0 Å². The molecule has 1 heterocycles. The van der Waals surface area contributed by atoms with Gasteiger partial charge in [-0.05, 0) is 54.2 Å². The van der Waals surface area contributed by atoms with Crippen molar-refractivity contribution in [2.45, 2.75) is 33.1 Å². The number of benzene rings is 2. The Morgan fingerprint density at radius 1 is 1.10 bits per heavy atom. The van der Waals surface area contributed by atoms with E-state index in [-0.39, 0.29) is 0 Å². The van der Waals surface area contributed by atoms with E-state index in [1.54, 1.807) is 0 Å². The van der Waals surface area contributed by atoms with E-state index < -0.39 is 0 Å². The summed E-state index contributed by atoms with van der Waals surface area (Å²) in [7, 11) is 0. The quantitative estimate of drug-likeness (QED) is 0.602. The molecule has 1 aromatic heterocycles. The SMILES string of the molecule is C=CCc1cc2[nH]c3cc(C(C)C)ccc3c2cc1C. The third kappa shape index (κ3) is 2.03. The molecule has 0 fully saturated rings. The number of aromatic nitrogens is 1. The predicted octanol–water partition coefficient (Wildman–Crippen LogP) is 5.48. The Hall–Kier alpha value is -2.02. The molecule has 0 spiro atoms. The summed E-state index contributed by atoms with van der Waals surface area (Å²) in [6.45, 7) is 10.5. The highest BCUT2D eigenvalue weighted by Gasteiger charge is 2.08. The lowest BCUT2D eigenvalue weighted by Gasteiger charge is -2.04. The molecule has 0 aliphatic rings. The molecule has 0 saturated heterocycles. The first-order chi connectivity index (χ1) is 9.60. The van der Waals surface area contributed by atoms with Gasteiger partial charge in [-0.2, -0.15) is 0 Å². The van der Waals surface area contributed by atoms with Crippen LogP contribution < -0.4 is 0 Å². The molecule has 0 atom stereocenters. The van der Waals surface area contributed by atoms with Gasteiger partial charge in [0, 0.05) is 21.8 Å². The van der Waals surface area contributed by atoms with E-state index in [2.05, 4.69) is 62.7 Å². The molecule has 0 aliphatic heterocycles. The van der Waals surface area contributed by atoms with Gasteiger partial charge in [0.05, 0.1) is 0 Å². The summed E-state index contributed by atoms with van der Waals surface area (Å²) in [5, 5.41) is 2.64. The van der Waals surface area contributed by atoms with Crippen LogP contribution in [0, 0.1) is 6.92 Å². The first-order valence-electron chi connectivity index (χ1n) is 7.26. The van der Waals surface area contributed by atoms with Gasteiger partial charge in [0.1, 0.15) is 0 Å². The van der Waals surface area contributed by atoms with E-state index in [0.29, 0.717) is 5.92 Å². The predicted molar refractivity (Wildman–Crippen MR) is 88.5 cm³/mol. The van der Waals surface area contributed by atoms with Crippen molar-refractivity contribution in [2.75, 3.05) is 0 Å². The molecular formula is C19H21N. The van der Waals surface area contributed by atoms with E-state index in [4.69, 9.17) is 0 Å². The molecule has 102 valence electrons. The normalized spacial score (nSPS) is 11.6. The maximum Gasteiger partial charge on any atom is 0.0467 e. The summed E-state index contributed by atoms with van der Waals surface area (Å²) < 4.78 is 0. The molecule has 1 heteroatoms. The van der Waals surface area contributed by atoms with Crippen LogP contribution in [-0.2, 0) is 6.42 Å². The van der Waals surface area contributed by atoms with Gasteiger partial charge in [-0.1, -0.05) is 32.1 Å². The molecule has 0 amide bonds. The van der Waals surface area contributed by atoms with Gasteiger partial charge in [0.25, 0.3) is 0 Å². The highest BCUT2D eigenvalue weighted by atomic mass is 14.7. The maximum atomic E-state index is 3.84. The standard InChI is InChI=1S/C19H21N/c1-5-6-15-11-19-17(9-13(15)4)16-8-7-14(12(2)3)10-18(16)20-19/h5,7-12,20H,1,6H2,2-4H3. The van der Waals surface area contributed by atoms with Gasteiger partial charge >= 0.3 is 0 Å². The fourth-order valence-electron chi connectivity index (χ4n) is 2.86. The largest absolute Gasteiger partial charge is 0.354 e.